The quantitative estimate of drug-likeness (QED) is 0.593. The van der Waals surface area contributed by atoms with Crippen molar-refractivity contribution in [2.45, 2.75) is 50.4 Å². The number of hydrogen-bond acceptors (Lipinski definition) is 4. The molecule has 1 saturated carbocycles. The topological polar surface area (TPSA) is 59.8 Å². The molecule has 0 bridgehead atoms. The molecule has 3 rings (SSSR count). The largest absolute Gasteiger partial charge is 0.352 e. The van der Waals surface area contributed by atoms with E-state index in [-0.39, 0.29) is 5.91 Å². The Bertz CT molecular complexity index is 744. The second kappa shape index (κ2) is 9.03. The highest BCUT2D eigenvalue weighted by atomic mass is 32.2. The summed E-state index contributed by atoms with van der Waals surface area (Å²) in [7, 11) is 0. The van der Waals surface area contributed by atoms with Gasteiger partial charge in [0.2, 0.25) is 5.91 Å². The fourth-order valence-corrected chi connectivity index (χ4v) is 4.16. The predicted molar refractivity (Wildman–Crippen MR) is 106 cm³/mol. The summed E-state index contributed by atoms with van der Waals surface area (Å²) in [5.41, 5.74) is 1.01. The third-order valence-electron chi connectivity index (χ3n) is 4.85. The van der Waals surface area contributed by atoms with Gasteiger partial charge in [-0.3, -0.25) is 9.36 Å². The van der Waals surface area contributed by atoms with Crippen LogP contribution in [0.3, 0.4) is 0 Å². The molecule has 1 aromatic heterocycles. The summed E-state index contributed by atoms with van der Waals surface area (Å²) in [6.45, 7) is 6.67. The van der Waals surface area contributed by atoms with Crippen LogP contribution in [0.5, 0.6) is 0 Å². The van der Waals surface area contributed by atoms with Gasteiger partial charge >= 0.3 is 0 Å². The van der Waals surface area contributed by atoms with E-state index in [1.54, 1.807) is 0 Å². The molecule has 1 N–H and O–H groups in total. The van der Waals surface area contributed by atoms with Crippen molar-refractivity contribution in [2.75, 3.05) is 5.75 Å². The van der Waals surface area contributed by atoms with E-state index in [4.69, 9.17) is 0 Å². The van der Waals surface area contributed by atoms with Gasteiger partial charge in [0.25, 0.3) is 0 Å². The molecule has 0 aliphatic heterocycles. The monoisotopic (exact) mass is 370 g/mol. The van der Waals surface area contributed by atoms with Crippen LogP contribution in [0, 0.1) is 5.92 Å². The van der Waals surface area contributed by atoms with E-state index in [9.17, 15) is 4.79 Å². The zero-order valence-corrected chi connectivity index (χ0v) is 16.0. The van der Waals surface area contributed by atoms with Crippen molar-refractivity contribution >= 4 is 17.7 Å². The first kappa shape index (κ1) is 18.7. The van der Waals surface area contributed by atoms with Gasteiger partial charge < -0.3 is 5.32 Å². The van der Waals surface area contributed by atoms with E-state index in [1.807, 2.05) is 41.0 Å². The molecule has 0 saturated heterocycles. The summed E-state index contributed by atoms with van der Waals surface area (Å²) < 4.78 is 2.00. The van der Waals surface area contributed by atoms with Crippen LogP contribution in [-0.4, -0.2) is 32.5 Å². The van der Waals surface area contributed by atoms with Gasteiger partial charge in [-0.15, -0.1) is 16.8 Å². The number of hydrogen-bond donors (Lipinski definition) is 1. The smallest absolute Gasteiger partial charge is 0.230 e. The Morgan fingerprint density at radius 3 is 2.81 bits per heavy atom. The zero-order chi connectivity index (χ0) is 18.4. The molecule has 2 aromatic rings. The molecule has 138 valence electrons. The molecule has 1 aromatic carbocycles. The maximum Gasteiger partial charge on any atom is 0.230 e. The highest BCUT2D eigenvalue weighted by Crippen LogP contribution is 2.25. The van der Waals surface area contributed by atoms with Gasteiger partial charge in [0.15, 0.2) is 11.0 Å². The average molecular weight is 371 g/mol. The first-order valence-corrected chi connectivity index (χ1v) is 10.2. The van der Waals surface area contributed by atoms with Crippen LogP contribution in [0.4, 0.5) is 0 Å². The van der Waals surface area contributed by atoms with E-state index in [2.05, 4.69) is 29.0 Å². The molecule has 0 spiro atoms. The van der Waals surface area contributed by atoms with Crippen LogP contribution in [0.2, 0.25) is 0 Å². The molecule has 1 fully saturated rings. The molecule has 1 aliphatic carbocycles. The van der Waals surface area contributed by atoms with Crippen molar-refractivity contribution in [3.63, 3.8) is 0 Å². The third-order valence-corrected chi connectivity index (χ3v) is 5.82. The highest BCUT2D eigenvalue weighted by molar-refractivity contribution is 7.99. The number of amides is 1. The summed E-state index contributed by atoms with van der Waals surface area (Å²) in [6, 6.07) is 10.3. The molecule has 5 nitrogen and oxygen atoms in total. The Balaban J connectivity index is 1.65. The van der Waals surface area contributed by atoms with Crippen molar-refractivity contribution < 1.29 is 4.79 Å². The van der Waals surface area contributed by atoms with E-state index in [1.165, 1.54) is 31.0 Å². The van der Waals surface area contributed by atoms with Gasteiger partial charge in [-0.05, 0) is 18.8 Å². The predicted octanol–water partition coefficient (Wildman–Crippen LogP) is 3.92. The molecule has 6 heteroatoms. The standard InChI is InChI=1S/C20H26N4OS/c1-3-13-24-19(16-10-5-4-6-11-16)22-23-20(24)26-14-18(25)21-17-12-8-7-9-15(17)2/h3-6,10-11,15,17H,1,7-9,12-14H2,2H3,(H,21,25)/t15-,17-/m1/s1. The lowest BCUT2D eigenvalue weighted by Crippen LogP contribution is -2.41. The molecular weight excluding hydrogens is 344 g/mol. The number of aromatic nitrogens is 3. The van der Waals surface area contributed by atoms with E-state index < -0.39 is 0 Å². The van der Waals surface area contributed by atoms with Crippen molar-refractivity contribution in [3.8, 4) is 11.4 Å². The van der Waals surface area contributed by atoms with Crippen LogP contribution < -0.4 is 5.32 Å². The summed E-state index contributed by atoms with van der Waals surface area (Å²) in [5.74, 6) is 1.79. The van der Waals surface area contributed by atoms with Crippen molar-refractivity contribution in [3.05, 3.63) is 43.0 Å². The highest BCUT2D eigenvalue weighted by Gasteiger charge is 2.23. The van der Waals surface area contributed by atoms with Crippen LogP contribution in [0.25, 0.3) is 11.4 Å². The molecule has 2 atom stereocenters. The number of benzene rings is 1. The first-order valence-electron chi connectivity index (χ1n) is 9.20. The molecular formula is C20H26N4OS. The fourth-order valence-electron chi connectivity index (χ4n) is 3.40. The van der Waals surface area contributed by atoms with Crippen molar-refractivity contribution in [1.29, 1.82) is 0 Å². The van der Waals surface area contributed by atoms with Gasteiger partial charge in [-0.1, -0.05) is 67.9 Å². The number of thioether (sulfide) groups is 1. The third kappa shape index (κ3) is 4.55. The van der Waals surface area contributed by atoms with Gasteiger partial charge in [-0.25, -0.2) is 0 Å². The zero-order valence-electron chi connectivity index (χ0n) is 15.2. The Labute approximate surface area is 159 Å². The lowest BCUT2D eigenvalue weighted by molar-refractivity contribution is -0.119. The summed E-state index contributed by atoms with van der Waals surface area (Å²) in [5, 5.41) is 12.6. The van der Waals surface area contributed by atoms with Crippen LogP contribution >= 0.6 is 11.8 Å². The minimum atomic E-state index is 0.0724. The fraction of sp³-hybridized carbons (Fsp3) is 0.450. The number of carbonyl (C=O) groups excluding carboxylic acids is 1. The molecule has 1 heterocycles. The molecule has 1 aliphatic rings. The lowest BCUT2D eigenvalue weighted by Gasteiger charge is -2.29. The normalized spacial score (nSPS) is 19.9. The number of allylic oxidation sites excluding steroid dienone is 1. The molecule has 0 unspecified atom stereocenters. The van der Waals surface area contributed by atoms with Crippen molar-refractivity contribution in [2.24, 2.45) is 5.92 Å². The second-order valence-electron chi connectivity index (χ2n) is 6.80. The number of carbonyl (C=O) groups is 1. The van der Waals surface area contributed by atoms with E-state index >= 15 is 0 Å². The van der Waals surface area contributed by atoms with Crippen molar-refractivity contribution in [1.82, 2.24) is 20.1 Å². The molecule has 1 amide bonds. The van der Waals surface area contributed by atoms with Gasteiger partial charge in [0.1, 0.15) is 0 Å². The first-order chi connectivity index (χ1) is 12.7. The number of rotatable bonds is 7. The lowest BCUT2D eigenvalue weighted by atomic mass is 9.86. The average Bonchev–Trinajstić information content (AvgIpc) is 3.06. The Morgan fingerprint density at radius 2 is 2.08 bits per heavy atom. The minimum absolute atomic E-state index is 0.0724. The number of nitrogens with zero attached hydrogens (tertiary/aromatic N) is 3. The Morgan fingerprint density at radius 1 is 1.31 bits per heavy atom. The van der Waals surface area contributed by atoms with Crippen LogP contribution in [0.1, 0.15) is 32.6 Å². The summed E-state index contributed by atoms with van der Waals surface area (Å²) in [6.07, 6.45) is 6.59. The summed E-state index contributed by atoms with van der Waals surface area (Å²) >= 11 is 1.43. The second-order valence-corrected chi connectivity index (χ2v) is 7.74. The maximum atomic E-state index is 12.4. The maximum absolute atomic E-state index is 12.4. The van der Waals surface area contributed by atoms with E-state index in [0.29, 0.717) is 24.3 Å². The van der Waals surface area contributed by atoms with Gasteiger partial charge in [-0.2, -0.15) is 0 Å². The number of nitrogens with one attached hydrogen (secondary N) is 1. The Hall–Kier alpha value is -2.08. The minimum Gasteiger partial charge on any atom is -0.352 e. The molecule has 0 radical (unpaired) electrons. The van der Waals surface area contributed by atoms with Crippen LogP contribution in [-0.2, 0) is 11.3 Å². The summed E-state index contributed by atoms with van der Waals surface area (Å²) in [4.78, 5) is 12.4. The molecule has 26 heavy (non-hydrogen) atoms. The van der Waals surface area contributed by atoms with E-state index in [0.717, 1.165) is 23.0 Å². The SMILES string of the molecule is C=CCn1c(SCC(=O)N[C@@H]2CCCC[C@H]2C)nnc1-c1ccccc1. The Kier molecular flexibility index (Phi) is 6.50. The van der Waals surface area contributed by atoms with Gasteiger partial charge in [0, 0.05) is 18.2 Å². The van der Waals surface area contributed by atoms with Gasteiger partial charge in [0.05, 0.1) is 5.75 Å². The van der Waals surface area contributed by atoms with Crippen LogP contribution in [0.15, 0.2) is 48.1 Å².